The molecule has 22 heavy (non-hydrogen) atoms. The van der Waals surface area contributed by atoms with Crippen molar-refractivity contribution in [1.82, 2.24) is 9.80 Å². The van der Waals surface area contributed by atoms with Crippen molar-refractivity contribution in [1.29, 1.82) is 0 Å². The first-order valence-electron chi connectivity index (χ1n) is 8.53. The SMILES string of the molecule is CCN1CCN(CC2COc3c(ccc(C)c3C)C2N)CC1. The summed E-state index contributed by atoms with van der Waals surface area (Å²) in [4.78, 5) is 5.06. The Morgan fingerprint density at radius 3 is 2.50 bits per heavy atom. The molecule has 1 saturated heterocycles. The van der Waals surface area contributed by atoms with Gasteiger partial charge in [-0.2, -0.15) is 0 Å². The van der Waals surface area contributed by atoms with E-state index in [9.17, 15) is 0 Å². The van der Waals surface area contributed by atoms with E-state index < -0.39 is 0 Å². The minimum absolute atomic E-state index is 0.0901. The van der Waals surface area contributed by atoms with E-state index in [0.29, 0.717) is 5.92 Å². The third-order valence-electron chi connectivity index (χ3n) is 5.42. The van der Waals surface area contributed by atoms with Gasteiger partial charge in [0.15, 0.2) is 0 Å². The number of rotatable bonds is 3. The van der Waals surface area contributed by atoms with Crippen molar-refractivity contribution in [3.63, 3.8) is 0 Å². The topological polar surface area (TPSA) is 41.7 Å². The van der Waals surface area contributed by atoms with Gasteiger partial charge in [0, 0.05) is 50.2 Å². The van der Waals surface area contributed by atoms with Crippen LogP contribution < -0.4 is 10.5 Å². The van der Waals surface area contributed by atoms with Crippen molar-refractivity contribution in [3.05, 3.63) is 28.8 Å². The normalized spacial score (nSPS) is 26.5. The lowest BCUT2D eigenvalue weighted by Crippen LogP contribution is -2.49. The van der Waals surface area contributed by atoms with E-state index in [-0.39, 0.29) is 6.04 Å². The molecule has 1 aromatic rings. The summed E-state index contributed by atoms with van der Waals surface area (Å²) in [6.45, 7) is 14.1. The molecule has 0 saturated carbocycles. The first kappa shape index (κ1) is 15.8. The number of hydrogen-bond donors (Lipinski definition) is 1. The van der Waals surface area contributed by atoms with Crippen LogP contribution in [0.1, 0.15) is 29.7 Å². The summed E-state index contributed by atoms with van der Waals surface area (Å²) in [5.74, 6) is 1.42. The van der Waals surface area contributed by atoms with Crippen LogP contribution in [0.4, 0.5) is 0 Å². The minimum atomic E-state index is 0.0901. The highest BCUT2D eigenvalue weighted by molar-refractivity contribution is 5.48. The molecule has 0 aromatic heterocycles. The standard InChI is InChI=1S/C18H29N3O/c1-4-20-7-9-21(10-8-20)11-15-12-22-18-14(3)13(2)5-6-16(18)17(15)19/h5-6,15,17H,4,7-12,19H2,1-3H3. The van der Waals surface area contributed by atoms with Gasteiger partial charge in [0.2, 0.25) is 0 Å². The molecule has 0 aliphatic carbocycles. The molecule has 2 aliphatic rings. The van der Waals surface area contributed by atoms with Crippen LogP contribution in [0.2, 0.25) is 0 Å². The Bertz CT molecular complexity index is 523. The Hall–Kier alpha value is -1.10. The summed E-state index contributed by atoms with van der Waals surface area (Å²) in [5, 5.41) is 0. The predicted octanol–water partition coefficient (Wildman–Crippen LogP) is 1.95. The number of nitrogens with zero attached hydrogens (tertiary/aromatic N) is 2. The van der Waals surface area contributed by atoms with Crippen molar-refractivity contribution in [2.45, 2.75) is 26.8 Å². The van der Waals surface area contributed by atoms with Crippen LogP contribution in [-0.2, 0) is 0 Å². The van der Waals surface area contributed by atoms with E-state index in [4.69, 9.17) is 10.5 Å². The van der Waals surface area contributed by atoms with Crippen LogP contribution in [0.25, 0.3) is 0 Å². The van der Waals surface area contributed by atoms with Gasteiger partial charge < -0.3 is 20.3 Å². The molecule has 0 radical (unpaired) electrons. The van der Waals surface area contributed by atoms with E-state index >= 15 is 0 Å². The Morgan fingerprint density at radius 1 is 1.14 bits per heavy atom. The molecular formula is C18H29N3O. The molecule has 2 N–H and O–H groups in total. The smallest absolute Gasteiger partial charge is 0.127 e. The van der Waals surface area contributed by atoms with Gasteiger partial charge in [-0.05, 0) is 31.5 Å². The zero-order valence-electron chi connectivity index (χ0n) is 14.1. The fraction of sp³-hybridized carbons (Fsp3) is 0.667. The lowest BCUT2D eigenvalue weighted by molar-refractivity contribution is 0.0916. The Labute approximate surface area is 134 Å². The molecule has 4 nitrogen and oxygen atoms in total. The van der Waals surface area contributed by atoms with Gasteiger partial charge in [0.25, 0.3) is 0 Å². The molecular weight excluding hydrogens is 274 g/mol. The highest BCUT2D eigenvalue weighted by atomic mass is 16.5. The lowest BCUT2D eigenvalue weighted by atomic mass is 9.88. The molecule has 2 unspecified atom stereocenters. The summed E-state index contributed by atoms with van der Waals surface area (Å²) in [6, 6.07) is 4.41. The van der Waals surface area contributed by atoms with Crippen LogP contribution in [0.15, 0.2) is 12.1 Å². The van der Waals surface area contributed by atoms with E-state index in [0.717, 1.165) is 38.5 Å². The molecule has 0 spiro atoms. The summed E-state index contributed by atoms with van der Waals surface area (Å²) in [7, 11) is 0. The monoisotopic (exact) mass is 303 g/mol. The van der Waals surface area contributed by atoms with Crippen LogP contribution in [-0.4, -0.2) is 55.7 Å². The maximum Gasteiger partial charge on any atom is 0.127 e. The van der Waals surface area contributed by atoms with Crippen LogP contribution in [0, 0.1) is 19.8 Å². The van der Waals surface area contributed by atoms with Crippen molar-refractivity contribution < 1.29 is 4.74 Å². The Kier molecular flexibility index (Phi) is 4.71. The number of fused-ring (bicyclic) bond motifs is 1. The molecule has 3 rings (SSSR count). The summed E-state index contributed by atoms with van der Waals surface area (Å²) < 4.78 is 6.08. The molecule has 2 heterocycles. The number of hydrogen-bond acceptors (Lipinski definition) is 4. The minimum Gasteiger partial charge on any atom is -0.493 e. The van der Waals surface area contributed by atoms with Crippen LogP contribution >= 0.6 is 0 Å². The largest absolute Gasteiger partial charge is 0.493 e. The van der Waals surface area contributed by atoms with E-state index in [1.807, 2.05) is 0 Å². The lowest BCUT2D eigenvalue weighted by Gasteiger charge is -2.39. The van der Waals surface area contributed by atoms with E-state index in [1.54, 1.807) is 0 Å². The molecule has 2 atom stereocenters. The Balaban J connectivity index is 1.66. The average Bonchev–Trinajstić information content (AvgIpc) is 2.54. The number of aryl methyl sites for hydroxylation is 1. The van der Waals surface area contributed by atoms with Gasteiger partial charge in [0.1, 0.15) is 5.75 Å². The van der Waals surface area contributed by atoms with Crippen molar-refractivity contribution in [2.24, 2.45) is 11.7 Å². The van der Waals surface area contributed by atoms with Gasteiger partial charge in [-0.25, -0.2) is 0 Å². The molecule has 0 amide bonds. The quantitative estimate of drug-likeness (QED) is 0.927. The van der Waals surface area contributed by atoms with Gasteiger partial charge in [-0.1, -0.05) is 19.1 Å². The highest BCUT2D eigenvalue weighted by Gasteiger charge is 2.31. The first-order valence-corrected chi connectivity index (χ1v) is 8.53. The summed E-state index contributed by atoms with van der Waals surface area (Å²) >= 11 is 0. The number of piperazine rings is 1. The molecule has 1 fully saturated rings. The second-order valence-corrected chi connectivity index (χ2v) is 6.76. The highest BCUT2D eigenvalue weighted by Crippen LogP contribution is 2.37. The molecule has 122 valence electrons. The third kappa shape index (κ3) is 3.00. The molecule has 0 bridgehead atoms. The number of likely N-dealkylation sites (N-methyl/N-ethyl adjacent to an activating group) is 1. The fourth-order valence-electron chi connectivity index (χ4n) is 3.60. The van der Waals surface area contributed by atoms with Gasteiger partial charge >= 0.3 is 0 Å². The second-order valence-electron chi connectivity index (χ2n) is 6.76. The fourth-order valence-corrected chi connectivity index (χ4v) is 3.60. The number of benzene rings is 1. The predicted molar refractivity (Wildman–Crippen MR) is 90.4 cm³/mol. The average molecular weight is 303 g/mol. The number of ether oxygens (including phenoxy) is 1. The summed E-state index contributed by atoms with van der Waals surface area (Å²) in [5.41, 5.74) is 10.3. The van der Waals surface area contributed by atoms with Crippen molar-refractivity contribution >= 4 is 0 Å². The Morgan fingerprint density at radius 2 is 1.82 bits per heavy atom. The number of nitrogens with two attached hydrogens (primary N) is 1. The molecule has 4 heteroatoms. The van der Waals surface area contributed by atoms with Gasteiger partial charge in [-0.3, -0.25) is 0 Å². The third-order valence-corrected chi connectivity index (χ3v) is 5.42. The van der Waals surface area contributed by atoms with E-state index in [1.165, 1.54) is 29.8 Å². The first-order chi connectivity index (χ1) is 10.6. The maximum atomic E-state index is 6.56. The van der Waals surface area contributed by atoms with Gasteiger partial charge in [0.05, 0.1) is 6.61 Å². The van der Waals surface area contributed by atoms with Crippen molar-refractivity contribution in [3.8, 4) is 5.75 Å². The van der Waals surface area contributed by atoms with Crippen LogP contribution in [0.3, 0.4) is 0 Å². The zero-order chi connectivity index (χ0) is 15.7. The molecule has 1 aromatic carbocycles. The van der Waals surface area contributed by atoms with Crippen LogP contribution in [0.5, 0.6) is 5.75 Å². The van der Waals surface area contributed by atoms with Gasteiger partial charge in [-0.15, -0.1) is 0 Å². The molecule has 2 aliphatic heterocycles. The zero-order valence-corrected chi connectivity index (χ0v) is 14.1. The van der Waals surface area contributed by atoms with E-state index in [2.05, 4.69) is 42.7 Å². The van der Waals surface area contributed by atoms with Crippen molar-refractivity contribution in [2.75, 3.05) is 45.9 Å². The maximum absolute atomic E-state index is 6.56. The summed E-state index contributed by atoms with van der Waals surface area (Å²) in [6.07, 6.45) is 0. The second kappa shape index (κ2) is 6.57.